The van der Waals surface area contributed by atoms with E-state index in [0.29, 0.717) is 22.6 Å². The zero-order valence-electron chi connectivity index (χ0n) is 16.4. The second kappa shape index (κ2) is 8.99. The number of amides is 1. The van der Waals surface area contributed by atoms with Crippen molar-refractivity contribution >= 4 is 27.4 Å². The zero-order valence-corrected chi connectivity index (χ0v) is 17.2. The van der Waals surface area contributed by atoms with Gasteiger partial charge in [0.25, 0.3) is 0 Å². The Labute approximate surface area is 165 Å². The first kappa shape index (κ1) is 21.6. The summed E-state index contributed by atoms with van der Waals surface area (Å²) in [6.45, 7) is 4.64. The van der Waals surface area contributed by atoms with Gasteiger partial charge >= 0.3 is 0 Å². The number of aryl methyl sites for hydroxylation is 1. The van der Waals surface area contributed by atoms with E-state index < -0.39 is 15.9 Å². The molecule has 8 heteroatoms. The fourth-order valence-corrected chi connectivity index (χ4v) is 4.19. The van der Waals surface area contributed by atoms with Gasteiger partial charge in [-0.1, -0.05) is 19.1 Å². The summed E-state index contributed by atoms with van der Waals surface area (Å²) in [4.78, 5) is 23.9. The highest BCUT2D eigenvalue weighted by Gasteiger charge is 2.26. The molecule has 1 amide bonds. The van der Waals surface area contributed by atoms with Crippen LogP contribution in [0.5, 0.6) is 5.75 Å². The molecule has 0 saturated carbocycles. The number of carbonyl (C=O) groups excluding carboxylic acids is 2. The number of hydrogen-bond acceptors (Lipinski definition) is 5. The lowest BCUT2D eigenvalue weighted by Gasteiger charge is -2.20. The lowest BCUT2D eigenvalue weighted by Crippen LogP contribution is -2.37. The van der Waals surface area contributed by atoms with Gasteiger partial charge in [0.2, 0.25) is 15.9 Å². The van der Waals surface area contributed by atoms with E-state index in [-0.39, 0.29) is 23.8 Å². The summed E-state index contributed by atoms with van der Waals surface area (Å²) in [5, 5.41) is 2.64. The molecule has 0 aliphatic carbocycles. The van der Waals surface area contributed by atoms with Crippen molar-refractivity contribution in [2.75, 3.05) is 25.5 Å². The number of ether oxygens (including phenoxy) is 1. The molecule has 150 valence electrons. The highest BCUT2D eigenvalue weighted by atomic mass is 32.2. The Morgan fingerprint density at radius 2 is 1.86 bits per heavy atom. The first-order valence-corrected chi connectivity index (χ1v) is 10.2. The predicted molar refractivity (Wildman–Crippen MR) is 107 cm³/mol. The molecule has 0 unspecified atom stereocenters. The maximum Gasteiger partial charge on any atom is 0.243 e. The molecule has 2 aromatic rings. The normalized spacial score (nSPS) is 11.3. The van der Waals surface area contributed by atoms with Crippen molar-refractivity contribution in [1.82, 2.24) is 4.31 Å². The molecule has 28 heavy (non-hydrogen) atoms. The van der Waals surface area contributed by atoms with Crippen LogP contribution in [0.15, 0.2) is 47.4 Å². The average molecular weight is 404 g/mol. The number of sulfonamides is 1. The standard InChI is InChI=1S/C20H24N2O5S/c1-5-22(28(25,26)18-9-10-19(27-4)14(2)11-18)13-20(24)21-17-8-6-7-16(12-17)15(3)23/h6-12H,5,13H2,1-4H3,(H,21,24). The van der Waals surface area contributed by atoms with Gasteiger partial charge in [-0.15, -0.1) is 0 Å². The van der Waals surface area contributed by atoms with E-state index in [1.165, 1.54) is 26.2 Å². The Morgan fingerprint density at radius 3 is 2.43 bits per heavy atom. The van der Waals surface area contributed by atoms with Crippen LogP contribution >= 0.6 is 0 Å². The number of anilines is 1. The maximum absolute atomic E-state index is 12.9. The SMILES string of the molecule is CCN(CC(=O)Nc1cccc(C(C)=O)c1)S(=O)(=O)c1ccc(OC)c(C)c1. The molecule has 0 aromatic heterocycles. The maximum atomic E-state index is 12.9. The van der Waals surface area contributed by atoms with Crippen LogP contribution in [0.25, 0.3) is 0 Å². The van der Waals surface area contributed by atoms with Crippen molar-refractivity contribution in [2.24, 2.45) is 0 Å². The summed E-state index contributed by atoms with van der Waals surface area (Å²) in [5.74, 6) is -0.0230. The second-order valence-electron chi connectivity index (χ2n) is 6.25. The van der Waals surface area contributed by atoms with E-state index in [0.717, 1.165) is 4.31 Å². The Morgan fingerprint density at radius 1 is 1.14 bits per heavy atom. The smallest absolute Gasteiger partial charge is 0.243 e. The molecule has 0 fully saturated rings. The molecular formula is C20H24N2O5S. The molecule has 0 atom stereocenters. The third kappa shape index (κ3) is 4.96. The lowest BCUT2D eigenvalue weighted by atomic mass is 10.1. The molecule has 0 spiro atoms. The van der Waals surface area contributed by atoms with Crippen LogP contribution in [-0.2, 0) is 14.8 Å². The highest BCUT2D eigenvalue weighted by Crippen LogP contribution is 2.23. The Bertz CT molecular complexity index is 986. The number of hydrogen-bond donors (Lipinski definition) is 1. The van der Waals surface area contributed by atoms with E-state index in [4.69, 9.17) is 4.74 Å². The number of benzene rings is 2. The predicted octanol–water partition coefficient (Wildman–Crippen LogP) is 2.86. The van der Waals surface area contributed by atoms with E-state index in [9.17, 15) is 18.0 Å². The summed E-state index contributed by atoms with van der Waals surface area (Å²) >= 11 is 0. The summed E-state index contributed by atoms with van der Waals surface area (Å²) in [7, 11) is -2.33. The van der Waals surface area contributed by atoms with Gasteiger partial charge in [-0.05, 0) is 49.7 Å². The van der Waals surface area contributed by atoms with Crippen LogP contribution in [-0.4, -0.2) is 44.6 Å². The summed E-state index contributed by atoms with van der Waals surface area (Å²) in [5.41, 5.74) is 1.59. The van der Waals surface area contributed by atoms with Crippen molar-refractivity contribution in [3.8, 4) is 5.75 Å². The molecule has 2 aromatic carbocycles. The van der Waals surface area contributed by atoms with E-state index in [1.54, 1.807) is 44.2 Å². The molecule has 7 nitrogen and oxygen atoms in total. The fraction of sp³-hybridized carbons (Fsp3) is 0.300. The van der Waals surface area contributed by atoms with Crippen molar-refractivity contribution in [3.05, 3.63) is 53.6 Å². The van der Waals surface area contributed by atoms with Crippen LogP contribution in [0.1, 0.15) is 29.8 Å². The van der Waals surface area contributed by atoms with Gasteiger partial charge in [0.05, 0.1) is 18.6 Å². The quantitative estimate of drug-likeness (QED) is 0.683. The minimum atomic E-state index is -3.84. The summed E-state index contributed by atoms with van der Waals surface area (Å²) < 4.78 is 32.1. The second-order valence-corrected chi connectivity index (χ2v) is 8.19. The van der Waals surface area contributed by atoms with Gasteiger partial charge in [0.15, 0.2) is 5.78 Å². The first-order chi connectivity index (χ1) is 13.2. The van der Waals surface area contributed by atoms with Gasteiger partial charge in [0, 0.05) is 17.8 Å². The summed E-state index contributed by atoms with van der Waals surface area (Å²) in [6.07, 6.45) is 0. The summed E-state index contributed by atoms with van der Waals surface area (Å²) in [6, 6.07) is 11.1. The molecular weight excluding hydrogens is 380 g/mol. The largest absolute Gasteiger partial charge is 0.496 e. The van der Waals surface area contributed by atoms with Gasteiger partial charge in [-0.2, -0.15) is 4.31 Å². The Hall–Kier alpha value is -2.71. The Kier molecular flexibility index (Phi) is 6.93. The average Bonchev–Trinajstić information content (AvgIpc) is 2.66. The molecule has 1 N–H and O–H groups in total. The number of nitrogens with one attached hydrogen (secondary N) is 1. The van der Waals surface area contributed by atoms with Gasteiger partial charge in [0.1, 0.15) is 5.75 Å². The number of ketones is 1. The molecule has 0 aliphatic heterocycles. The first-order valence-electron chi connectivity index (χ1n) is 8.74. The molecule has 0 heterocycles. The minimum Gasteiger partial charge on any atom is -0.496 e. The van der Waals surface area contributed by atoms with Crippen molar-refractivity contribution in [1.29, 1.82) is 0 Å². The molecule has 0 bridgehead atoms. The van der Waals surface area contributed by atoms with Crippen LogP contribution in [0.4, 0.5) is 5.69 Å². The lowest BCUT2D eigenvalue weighted by molar-refractivity contribution is -0.116. The number of likely N-dealkylation sites (N-methyl/N-ethyl adjacent to an activating group) is 1. The Balaban J connectivity index is 2.18. The van der Waals surface area contributed by atoms with Crippen molar-refractivity contribution in [2.45, 2.75) is 25.7 Å². The van der Waals surface area contributed by atoms with Crippen LogP contribution < -0.4 is 10.1 Å². The molecule has 2 rings (SSSR count). The van der Waals surface area contributed by atoms with Crippen molar-refractivity contribution < 1.29 is 22.7 Å². The van der Waals surface area contributed by atoms with E-state index >= 15 is 0 Å². The molecule has 0 radical (unpaired) electrons. The van der Waals surface area contributed by atoms with Crippen LogP contribution in [0.3, 0.4) is 0 Å². The monoisotopic (exact) mass is 404 g/mol. The number of carbonyl (C=O) groups is 2. The zero-order chi connectivity index (χ0) is 20.9. The van der Waals surface area contributed by atoms with E-state index in [1.807, 2.05) is 0 Å². The van der Waals surface area contributed by atoms with Crippen LogP contribution in [0, 0.1) is 6.92 Å². The van der Waals surface area contributed by atoms with Crippen molar-refractivity contribution in [3.63, 3.8) is 0 Å². The third-order valence-corrected chi connectivity index (χ3v) is 6.15. The fourth-order valence-electron chi connectivity index (χ4n) is 2.70. The third-order valence-electron chi connectivity index (χ3n) is 4.23. The van der Waals surface area contributed by atoms with Gasteiger partial charge in [-0.25, -0.2) is 8.42 Å². The van der Waals surface area contributed by atoms with Crippen LogP contribution in [0.2, 0.25) is 0 Å². The minimum absolute atomic E-state index is 0.0963. The van der Waals surface area contributed by atoms with E-state index in [2.05, 4.69) is 5.32 Å². The molecule has 0 saturated heterocycles. The number of methoxy groups -OCH3 is 1. The number of rotatable bonds is 8. The molecule has 0 aliphatic rings. The van der Waals surface area contributed by atoms with Gasteiger partial charge in [-0.3, -0.25) is 9.59 Å². The topological polar surface area (TPSA) is 92.8 Å². The number of Topliss-reactive ketones (excluding diaryl/α,β-unsaturated/α-hetero) is 1. The number of nitrogens with zero attached hydrogens (tertiary/aromatic N) is 1. The van der Waals surface area contributed by atoms with Gasteiger partial charge < -0.3 is 10.1 Å². The highest BCUT2D eigenvalue weighted by molar-refractivity contribution is 7.89.